The van der Waals surface area contributed by atoms with Crippen molar-refractivity contribution in [3.63, 3.8) is 0 Å². The van der Waals surface area contributed by atoms with Crippen LogP contribution >= 0.6 is 0 Å². The van der Waals surface area contributed by atoms with Crippen LogP contribution < -0.4 is 15.4 Å². The summed E-state index contributed by atoms with van der Waals surface area (Å²) in [5, 5.41) is 5.96. The molecule has 0 atom stereocenters. The Morgan fingerprint density at radius 3 is 2.62 bits per heavy atom. The molecule has 26 heavy (non-hydrogen) atoms. The van der Waals surface area contributed by atoms with Gasteiger partial charge in [-0.2, -0.15) is 0 Å². The highest BCUT2D eigenvalue weighted by Gasteiger charge is 2.21. The molecule has 1 aromatic carbocycles. The molecule has 1 amide bonds. The predicted octanol–water partition coefficient (Wildman–Crippen LogP) is 1.25. The number of aliphatic imine (C=N–C) groups is 1. The van der Waals surface area contributed by atoms with E-state index in [-0.39, 0.29) is 12.5 Å². The highest BCUT2D eigenvalue weighted by atomic mass is 16.5. The van der Waals surface area contributed by atoms with Crippen LogP contribution in [0.3, 0.4) is 0 Å². The van der Waals surface area contributed by atoms with E-state index >= 15 is 0 Å². The summed E-state index contributed by atoms with van der Waals surface area (Å²) in [5.41, 5.74) is 1.02. The van der Waals surface area contributed by atoms with Crippen LogP contribution in [0.25, 0.3) is 0 Å². The maximum Gasteiger partial charge on any atom is 0.239 e. The molecule has 0 aliphatic heterocycles. The molecule has 0 unspecified atom stereocenters. The summed E-state index contributed by atoms with van der Waals surface area (Å²) in [5.74, 6) is 2.17. The topological polar surface area (TPSA) is 75.2 Å². The molecule has 1 aliphatic rings. The minimum absolute atomic E-state index is 0.0830. The Balaban J connectivity index is 1.63. The first kappa shape index (κ1) is 20.0. The molecule has 0 spiro atoms. The third-order valence-corrected chi connectivity index (χ3v) is 4.25. The largest absolute Gasteiger partial charge is 0.497 e. The number of carbonyl (C=O) groups excluding carboxylic acids is 1. The average molecular weight is 362 g/mol. The van der Waals surface area contributed by atoms with E-state index in [9.17, 15) is 4.79 Å². The summed E-state index contributed by atoms with van der Waals surface area (Å²) in [6, 6.07) is 7.62. The van der Waals surface area contributed by atoms with E-state index in [4.69, 9.17) is 9.47 Å². The number of hydrogen-bond donors (Lipinski definition) is 2. The van der Waals surface area contributed by atoms with E-state index in [2.05, 4.69) is 15.6 Å². The monoisotopic (exact) mass is 362 g/mol. The number of amides is 1. The lowest BCUT2D eigenvalue weighted by molar-refractivity contribution is -0.120. The van der Waals surface area contributed by atoms with Crippen LogP contribution in [0.2, 0.25) is 0 Å². The fraction of sp³-hybridized carbons (Fsp3) is 0.579. The number of benzene rings is 1. The zero-order chi connectivity index (χ0) is 18.8. The quantitative estimate of drug-likeness (QED) is 0.372. The summed E-state index contributed by atoms with van der Waals surface area (Å²) in [6.45, 7) is 2.91. The molecule has 2 N–H and O–H groups in total. The van der Waals surface area contributed by atoms with Gasteiger partial charge in [-0.15, -0.1) is 0 Å². The van der Waals surface area contributed by atoms with Gasteiger partial charge in [-0.3, -0.25) is 9.79 Å². The van der Waals surface area contributed by atoms with Gasteiger partial charge in [-0.05, 0) is 36.5 Å². The minimum Gasteiger partial charge on any atom is -0.497 e. The fourth-order valence-corrected chi connectivity index (χ4v) is 2.39. The van der Waals surface area contributed by atoms with Crippen LogP contribution in [0, 0.1) is 5.92 Å². The molecule has 1 saturated carbocycles. The van der Waals surface area contributed by atoms with Crippen molar-refractivity contribution >= 4 is 11.9 Å². The fourth-order valence-electron chi connectivity index (χ4n) is 2.39. The molecular weight excluding hydrogens is 332 g/mol. The van der Waals surface area contributed by atoms with Gasteiger partial charge >= 0.3 is 0 Å². The smallest absolute Gasteiger partial charge is 0.239 e. The molecule has 0 aromatic heterocycles. The first-order valence-electron chi connectivity index (χ1n) is 9.01. The SMILES string of the molecule is CN=C(NCC(=O)NCc1ccc(OC)cc1)N(C)CCOCC1CC1. The van der Waals surface area contributed by atoms with Crippen LogP contribution in [0.1, 0.15) is 18.4 Å². The Labute approximate surface area is 155 Å². The number of rotatable bonds is 10. The summed E-state index contributed by atoms with van der Waals surface area (Å²) in [6.07, 6.45) is 2.59. The van der Waals surface area contributed by atoms with E-state index in [1.807, 2.05) is 36.2 Å². The second-order valence-electron chi connectivity index (χ2n) is 6.47. The molecule has 1 fully saturated rings. The highest BCUT2D eigenvalue weighted by molar-refractivity contribution is 5.86. The Morgan fingerprint density at radius 2 is 2.00 bits per heavy atom. The van der Waals surface area contributed by atoms with Crippen molar-refractivity contribution in [1.29, 1.82) is 0 Å². The normalized spacial score (nSPS) is 14.0. The van der Waals surface area contributed by atoms with Crippen molar-refractivity contribution in [2.24, 2.45) is 10.9 Å². The standard InChI is InChI=1S/C19H30N4O3/c1-20-19(23(2)10-11-26-14-16-4-5-16)22-13-18(24)21-12-15-6-8-17(25-3)9-7-15/h6-9,16H,4-5,10-14H2,1-3H3,(H,20,22)(H,21,24). The van der Waals surface area contributed by atoms with Gasteiger partial charge in [-0.1, -0.05) is 12.1 Å². The first-order chi connectivity index (χ1) is 12.6. The number of likely N-dealkylation sites (N-methyl/N-ethyl adjacent to an activating group) is 1. The molecule has 1 aromatic rings. The summed E-state index contributed by atoms with van der Waals surface area (Å²) < 4.78 is 10.8. The van der Waals surface area contributed by atoms with Gasteiger partial charge in [-0.25, -0.2) is 0 Å². The van der Waals surface area contributed by atoms with E-state index in [1.165, 1.54) is 12.8 Å². The van der Waals surface area contributed by atoms with Crippen LogP contribution in [0.4, 0.5) is 0 Å². The van der Waals surface area contributed by atoms with E-state index in [0.717, 1.165) is 30.4 Å². The van der Waals surface area contributed by atoms with Gasteiger partial charge in [0.2, 0.25) is 5.91 Å². The highest BCUT2D eigenvalue weighted by Crippen LogP contribution is 2.28. The summed E-state index contributed by atoms with van der Waals surface area (Å²) >= 11 is 0. The van der Waals surface area contributed by atoms with Gasteiger partial charge < -0.3 is 25.0 Å². The van der Waals surface area contributed by atoms with Crippen LogP contribution in [0.5, 0.6) is 5.75 Å². The number of carbonyl (C=O) groups is 1. The van der Waals surface area contributed by atoms with Gasteiger partial charge in [0.25, 0.3) is 0 Å². The lowest BCUT2D eigenvalue weighted by Crippen LogP contribution is -2.44. The molecule has 1 aliphatic carbocycles. The molecular formula is C19H30N4O3. The third-order valence-electron chi connectivity index (χ3n) is 4.25. The van der Waals surface area contributed by atoms with Crippen molar-refractivity contribution < 1.29 is 14.3 Å². The number of ether oxygens (including phenoxy) is 2. The zero-order valence-electron chi connectivity index (χ0n) is 16.0. The number of hydrogen-bond acceptors (Lipinski definition) is 4. The van der Waals surface area contributed by atoms with Crippen molar-refractivity contribution in [3.8, 4) is 5.75 Å². The Hall–Kier alpha value is -2.28. The van der Waals surface area contributed by atoms with Crippen LogP contribution in [0.15, 0.2) is 29.3 Å². The van der Waals surface area contributed by atoms with Crippen molar-refractivity contribution in [3.05, 3.63) is 29.8 Å². The minimum atomic E-state index is -0.0830. The molecule has 0 bridgehead atoms. The van der Waals surface area contributed by atoms with Gasteiger partial charge in [0.1, 0.15) is 5.75 Å². The maximum atomic E-state index is 12.0. The summed E-state index contributed by atoms with van der Waals surface area (Å²) in [7, 11) is 5.27. The maximum absolute atomic E-state index is 12.0. The van der Waals surface area contributed by atoms with E-state index < -0.39 is 0 Å². The third kappa shape index (κ3) is 7.31. The van der Waals surface area contributed by atoms with E-state index in [1.54, 1.807) is 14.2 Å². The number of methoxy groups -OCH3 is 1. The molecule has 7 nitrogen and oxygen atoms in total. The Kier molecular flexibility index (Phi) is 8.21. The van der Waals surface area contributed by atoms with Crippen molar-refractivity contribution in [1.82, 2.24) is 15.5 Å². The van der Waals surface area contributed by atoms with Crippen molar-refractivity contribution in [2.75, 3.05) is 47.5 Å². The Morgan fingerprint density at radius 1 is 1.27 bits per heavy atom. The second kappa shape index (κ2) is 10.7. The Bertz CT molecular complexity index is 585. The number of nitrogens with one attached hydrogen (secondary N) is 2. The molecule has 0 radical (unpaired) electrons. The molecule has 7 heteroatoms. The van der Waals surface area contributed by atoms with Crippen molar-refractivity contribution in [2.45, 2.75) is 19.4 Å². The van der Waals surface area contributed by atoms with Crippen LogP contribution in [-0.4, -0.2) is 64.3 Å². The number of nitrogens with zero attached hydrogens (tertiary/aromatic N) is 2. The zero-order valence-corrected chi connectivity index (χ0v) is 16.0. The molecule has 2 rings (SSSR count). The predicted molar refractivity (Wildman–Crippen MR) is 102 cm³/mol. The average Bonchev–Trinajstić information content (AvgIpc) is 3.49. The lowest BCUT2D eigenvalue weighted by atomic mass is 10.2. The van der Waals surface area contributed by atoms with Crippen LogP contribution in [-0.2, 0) is 16.1 Å². The summed E-state index contributed by atoms with van der Waals surface area (Å²) in [4.78, 5) is 18.2. The van der Waals surface area contributed by atoms with E-state index in [0.29, 0.717) is 19.1 Å². The molecule has 0 heterocycles. The van der Waals surface area contributed by atoms with Gasteiger partial charge in [0, 0.05) is 33.8 Å². The number of guanidine groups is 1. The van der Waals surface area contributed by atoms with Gasteiger partial charge in [0.05, 0.1) is 20.3 Å². The first-order valence-corrected chi connectivity index (χ1v) is 9.01. The molecule has 0 saturated heterocycles. The second-order valence-corrected chi connectivity index (χ2v) is 6.47. The lowest BCUT2D eigenvalue weighted by Gasteiger charge is -2.21. The molecule has 144 valence electrons. The van der Waals surface area contributed by atoms with Gasteiger partial charge in [0.15, 0.2) is 5.96 Å².